The van der Waals surface area contributed by atoms with Gasteiger partial charge in [-0.15, -0.1) is 13.2 Å². The highest BCUT2D eigenvalue weighted by atomic mass is 35.5. The molecule has 9 heteroatoms. The predicted molar refractivity (Wildman–Crippen MR) is 138 cm³/mol. The van der Waals surface area contributed by atoms with E-state index < -0.39 is 29.6 Å². The van der Waals surface area contributed by atoms with Gasteiger partial charge in [-0.1, -0.05) is 35.9 Å². The van der Waals surface area contributed by atoms with Crippen LogP contribution < -0.4 is 4.90 Å². The SMILES string of the molecule is C=CCN(C)C(=O)[C@@H]1[C@@H]2CCC3(O2)C(C(=O)N(CC=C)c2c(C)cccc2Cl)N(CCCO)C(=O)[C@H]13. The minimum atomic E-state index is -1.11. The molecule has 0 radical (unpaired) electrons. The van der Waals surface area contributed by atoms with E-state index in [4.69, 9.17) is 16.3 Å². The third kappa shape index (κ3) is 4.05. The van der Waals surface area contributed by atoms with Gasteiger partial charge in [0.15, 0.2) is 0 Å². The minimum absolute atomic E-state index is 0.129. The van der Waals surface area contributed by atoms with Crippen molar-refractivity contribution < 1.29 is 24.2 Å². The van der Waals surface area contributed by atoms with E-state index in [1.807, 2.05) is 19.1 Å². The van der Waals surface area contributed by atoms with Gasteiger partial charge in [0.25, 0.3) is 5.91 Å². The lowest BCUT2D eigenvalue weighted by Crippen LogP contribution is -2.57. The van der Waals surface area contributed by atoms with Gasteiger partial charge in [0.1, 0.15) is 11.6 Å². The van der Waals surface area contributed by atoms with E-state index in [1.165, 1.54) is 4.90 Å². The van der Waals surface area contributed by atoms with Crippen molar-refractivity contribution in [3.05, 3.63) is 54.1 Å². The van der Waals surface area contributed by atoms with Crippen molar-refractivity contribution in [3.8, 4) is 0 Å². The fourth-order valence-corrected chi connectivity index (χ4v) is 6.59. The van der Waals surface area contributed by atoms with Crippen LogP contribution in [0.2, 0.25) is 5.02 Å². The number of para-hydroxylation sites is 1. The van der Waals surface area contributed by atoms with Crippen LogP contribution in [0.1, 0.15) is 24.8 Å². The Balaban J connectivity index is 1.79. The predicted octanol–water partition coefficient (Wildman–Crippen LogP) is 2.57. The summed E-state index contributed by atoms with van der Waals surface area (Å²) in [6.07, 6.45) is 4.23. The molecular formula is C27H34ClN3O5. The second-order valence-corrected chi connectivity index (χ2v) is 10.2. The Morgan fingerprint density at radius 2 is 2.00 bits per heavy atom. The summed E-state index contributed by atoms with van der Waals surface area (Å²) in [5, 5.41) is 9.94. The molecule has 2 bridgehead atoms. The third-order valence-corrected chi connectivity index (χ3v) is 8.00. The molecule has 1 aromatic carbocycles. The van der Waals surface area contributed by atoms with E-state index in [0.717, 1.165) is 5.56 Å². The summed E-state index contributed by atoms with van der Waals surface area (Å²) in [4.78, 5) is 46.3. The van der Waals surface area contributed by atoms with Crippen molar-refractivity contribution in [2.45, 2.75) is 43.9 Å². The average molecular weight is 516 g/mol. The molecule has 36 heavy (non-hydrogen) atoms. The minimum Gasteiger partial charge on any atom is -0.396 e. The van der Waals surface area contributed by atoms with Gasteiger partial charge >= 0.3 is 0 Å². The number of carbonyl (C=O) groups is 3. The molecule has 3 aliphatic heterocycles. The monoisotopic (exact) mass is 515 g/mol. The lowest BCUT2D eigenvalue weighted by atomic mass is 9.70. The first kappa shape index (κ1) is 26.4. The van der Waals surface area contributed by atoms with Crippen LogP contribution in [0.5, 0.6) is 0 Å². The topological polar surface area (TPSA) is 90.4 Å². The molecule has 5 atom stereocenters. The Hall–Kier alpha value is -2.68. The molecule has 1 aromatic rings. The zero-order chi connectivity index (χ0) is 26.2. The zero-order valence-corrected chi connectivity index (χ0v) is 21.6. The summed E-state index contributed by atoms with van der Waals surface area (Å²) >= 11 is 6.55. The van der Waals surface area contributed by atoms with E-state index in [1.54, 1.807) is 35.1 Å². The highest BCUT2D eigenvalue weighted by Gasteiger charge is 2.74. The second kappa shape index (κ2) is 10.4. The number of benzene rings is 1. The Morgan fingerprint density at radius 3 is 2.64 bits per heavy atom. The number of amides is 3. The number of halogens is 1. The maximum absolute atomic E-state index is 14.4. The van der Waals surface area contributed by atoms with Gasteiger partial charge in [0.05, 0.1) is 28.6 Å². The Bertz CT molecular complexity index is 1060. The van der Waals surface area contributed by atoms with Crippen LogP contribution in [-0.2, 0) is 19.1 Å². The number of rotatable bonds is 10. The van der Waals surface area contributed by atoms with Crippen LogP contribution >= 0.6 is 11.6 Å². The van der Waals surface area contributed by atoms with E-state index >= 15 is 0 Å². The number of aliphatic hydroxyl groups is 1. The quantitative estimate of drug-likeness (QED) is 0.484. The maximum atomic E-state index is 14.4. The molecule has 3 saturated heterocycles. The standard InChI is InChI=1S/C27H34ClN3O5/c1-5-13-29(4)24(33)20-19-11-12-27(36-19)21(20)25(34)31(15-8-16-32)23(27)26(35)30(14-6-2)22-17(3)9-7-10-18(22)28/h5-7,9-10,19-21,23,32H,1-2,8,11-16H2,3-4H3/t19-,20+,21-,23?,27?/m0/s1. The molecular weight excluding hydrogens is 482 g/mol. The van der Waals surface area contributed by atoms with E-state index in [0.29, 0.717) is 36.5 Å². The first-order chi connectivity index (χ1) is 17.2. The molecule has 1 N–H and O–H groups in total. The smallest absolute Gasteiger partial charge is 0.253 e. The van der Waals surface area contributed by atoms with Gasteiger partial charge in [-0.05, 0) is 37.8 Å². The first-order valence-corrected chi connectivity index (χ1v) is 12.7. The number of nitrogens with zero attached hydrogens (tertiary/aromatic N) is 3. The molecule has 8 nitrogen and oxygen atoms in total. The third-order valence-electron chi connectivity index (χ3n) is 7.69. The van der Waals surface area contributed by atoms with Crippen molar-refractivity contribution in [3.63, 3.8) is 0 Å². The van der Waals surface area contributed by atoms with Crippen molar-refractivity contribution in [1.29, 1.82) is 0 Å². The van der Waals surface area contributed by atoms with Crippen LogP contribution in [0.25, 0.3) is 0 Å². The van der Waals surface area contributed by atoms with E-state index in [-0.39, 0.29) is 37.4 Å². The summed E-state index contributed by atoms with van der Waals surface area (Å²) in [6, 6.07) is 4.47. The number of aryl methyl sites for hydroxylation is 1. The molecule has 0 saturated carbocycles. The lowest BCUT2D eigenvalue weighted by Gasteiger charge is -2.37. The van der Waals surface area contributed by atoms with Crippen LogP contribution in [0.4, 0.5) is 5.69 Å². The summed E-state index contributed by atoms with van der Waals surface area (Å²) in [6.45, 7) is 10.00. The molecule has 2 unspecified atom stereocenters. The molecule has 0 aromatic heterocycles. The van der Waals surface area contributed by atoms with Gasteiger partial charge in [-0.2, -0.15) is 0 Å². The molecule has 194 valence electrons. The number of aliphatic hydroxyl groups excluding tert-OH is 1. The van der Waals surface area contributed by atoms with Gasteiger partial charge in [-0.25, -0.2) is 0 Å². The summed E-state index contributed by atoms with van der Waals surface area (Å²) in [7, 11) is 1.68. The van der Waals surface area contributed by atoms with Crippen molar-refractivity contribution >= 4 is 35.0 Å². The Labute approximate surface area is 217 Å². The van der Waals surface area contributed by atoms with Crippen LogP contribution in [0.15, 0.2) is 43.5 Å². The molecule has 3 aliphatic rings. The van der Waals surface area contributed by atoms with Crippen LogP contribution in [0, 0.1) is 18.8 Å². The molecule has 4 rings (SSSR count). The van der Waals surface area contributed by atoms with Gasteiger partial charge in [-0.3, -0.25) is 14.4 Å². The van der Waals surface area contributed by atoms with E-state index in [9.17, 15) is 19.5 Å². The molecule has 0 aliphatic carbocycles. The number of likely N-dealkylation sites (tertiary alicyclic amines) is 1. The van der Waals surface area contributed by atoms with Crippen LogP contribution in [0.3, 0.4) is 0 Å². The van der Waals surface area contributed by atoms with Gasteiger partial charge in [0.2, 0.25) is 11.8 Å². The maximum Gasteiger partial charge on any atom is 0.253 e. The van der Waals surface area contributed by atoms with Crippen LogP contribution in [-0.4, -0.2) is 83.7 Å². The Kier molecular flexibility index (Phi) is 7.59. The summed E-state index contributed by atoms with van der Waals surface area (Å²) in [5.41, 5.74) is 0.260. The van der Waals surface area contributed by atoms with Gasteiger partial charge < -0.3 is 24.5 Å². The van der Waals surface area contributed by atoms with E-state index in [2.05, 4.69) is 13.2 Å². The first-order valence-electron chi connectivity index (χ1n) is 12.4. The number of likely N-dealkylation sites (N-methyl/N-ethyl adjacent to an activating group) is 1. The van der Waals surface area contributed by atoms with Crippen molar-refractivity contribution in [2.24, 2.45) is 11.8 Å². The second-order valence-electron chi connectivity index (χ2n) is 9.82. The molecule has 1 spiro atoms. The van der Waals surface area contributed by atoms with Crippen molar-refractivity contribution in [1.82, 2.24) is 9.80 Å². The van der Waals surface area contributed by atoms with Gasteiger partial charge in [0, 0.05) is 33.3 Å². The number of anilines is 1. The van der Waals surface area contributed by atoms with Crippen molar-refractivity contribution in [2.75, 3.05) is 38.2 Å². The summed E-state index contributed by atoms with van der Waals surface area (Å²) < 4.78 is 6.48. The fraction of sp³-hybridized carbons (Fsp3) is 0.519. The number of hydrogen-bond acceptors (Lipinski definition) is 5. The fourth-order valence-electron chi connectivity index (χ4n) is 6.27. The summed E-state index contributed by atoms with van der Waals surface area (Å²) in [5.74, 6) is -2.21. The molecule has 3 heterocycles. The number of fused-ring (bicyclic) bond motifs is 1. The average Bonchev–Trinajstić information content (AvgIpc) is 3.48. The lowest BCUT2D eigenvalue weighted by molar-refractivity contribution is -0.144. The zero-order valence-electron chi connectivity index (χ0n) is 20.9. The molecule has 3 amide bonds. The number of hydrogen-bond donors (Lipinski definition) is 1. The largest absolute Gasteiger partial charge is 0.396 e. The molecule has 3 fully saturated rings. The highest BCUT2D eigenvalue weighted by molar-refractivity contribution is 6.34. The number of carbonyl (C=O) groups excluding carboxylic acids is 3. The number of ether oxygens (including phenoxy) is 1. The highest BCUT2D eigenvalue weighted by Crippen LogP contribution is 2.59. The normalized spacial score (nSPS) is 28.2. The Morgan fingerprint density at radius 1 is 1.28 bits per heavy atom.